The van der Waals surface area contributed by atoms with Gasteiger partial charge < -0.3 is 0 Å². The Morgan fingerprint density at radius 3 is 1.25 bits per heavy atom. The Bertz CT molecular complexity index is 162. The van der Waals surface area contributed by atoms with Crippen molar-refractivity contribution in [2.24, 2.45) is 5.14 Å². The number of hydrogen-bond acceptors (Lipinski definition) is 2. The Morgan fingerprint density at radius 2 is 1.25 bits per heavy atom. The van der Waals surface area contributed by atoms with Crippen LogP contribution in [0.4, 0.5) is 0 Å². The summed E-state index contributed by atoms with van der Waals surface area (Å²) < 4.78 is 23.5. The van der Waals surface area contributed by atoms with Crippen LogP contribution >= 0.6 is 0 Å². The summed E-state index contributed by atoms with van der Waals surface area (Å²) in [5.74, 6) is 0. The van der Waals surface area contributed by atoms with Crippen molar-refractivity contribution >= 4 is 29.8 Å². The Hall–Kier alpha value is 0.709. The van der Waals surface area contributed by atoms with Crippen molar-refractivity contribution in [1.29, 1.82) is 0 Å². The van der Waals surface area contributed by atoms with Crippen molar-refractivity contribution in [1.82, 2.24) is 0 Å². The first-order valence-electron chi connectivity index (χ1n) is 4.16. The van der Waals surface area contributed by atoms with Gasteiger partial charge in [-0.15, -0.1) is 0 Å². The quantitative estimate of drug-likeness (QED) is 0.802. The van der Waals surface area contributed by atoms with E-state index in [2.05, 4.69) is 25.9 Å². The van der Waals surface area contributed by atoms with Gasteiger partial charge in [0, 0.05) is 0 Å². The fourth-order valence-corrected chi connectivity index (χ4v) is 5.03. The second kappa shape index (κ2) is 8.31. The molecule has 12 heavy (non-hydrogen) atoms. The molecule has 0 saturated heterocycles. The third-order valence-corrected chi connectivity index (χ3v) is 10.1. The van der Waals surface area contributed by atoms with Gasteiger partial charge in [-0.25, -0.2) is 13.6 Å². The van der Waals surface area contributed by atoms with E-state index in [-0.39, 0.29) is 0 Å². The van der Waals surface area contributed by atoms with Crippen molar-refractivity contribution in [2.45, 2.75) is 34.1 Å². The second-order valence-corrected chi connectivity index (χ2v) is 14.6. The van der Waals surface area contributed by atoms with Crippen LogP contribution in [0.5, 0.6) is 0 Å². The van der Waals surface area contributed by atoms with E-state index < -0.39 is 29.8 Å². The zero-order chi connectivity index (χ0) is 10.2. The van der Waals surface area contributed by atoms with Crippen LogP contribution in [-0.2, 0) is 10.0 Å². The maximum absolute atomic E-state index is 9.41. The van der Waals surface area contributed by atoms with E-state index in [4.69, 9.17) is 0 Å². The Kier molecular flexibility index (Phi) is 10.5. The average Bonchev–Trinajstić information content (AvgIpc) is 1.88. The molecule has 0 heterocycles. The number of hydrogen-bond donors (Lipinski definition) is 1. The molecule has 0 amide bonds. The predicted molar refractivity (Wildman–Crippen MR) is 56.2 cm³/mol. The molecular formula is C7H20NO2SSn. The van der Waals surface area contributed by atoms with Crippen molar-refractivity contribution in [3.05, 3.63) is 0 Å². The van der Waals surface area contributed by atoms with Crippen LogP contribution in [0, 0.1) is 0 Å². The second-order valence-electron chi connectivity index (χ2n) is 2.64. The van der Waals surface area contributed by atoms with Gasteiger partial charge in [-0.2, -0.15) is 0 Å². The van der Waals surface area contributed by atoms with E-state index in [0.29, 0.717) is 0 Å². The van der Waals surface area contributed by atoms with E-state index in [1.165, 1.54) is 0 Å². The van der Waals surface area contributed by atoms with Gasteiger partial charge in [0.1, 0.15) is 0 Å². The molecule has 0 saturated carbocycles. The van der Waals surface area contributed by atoms with Crippen molar-refractivity contribution in [3.8, 4) is 0 Å². The third-order valence-electron chi connectivity index (χ3n) is 1.50. The molecule has 0 aromatic rings. The molecule has 0 fully saturated rings. The van der Waals surface area contributed by atoms with Crippen LogP contribution in [0.25, 0.3) is 0 Å². The molecule has 75 valence electrons. The Balaban J connectivity index is 0. The number of nitrogens with two attached hydrogens (primary N) is 1. The molecule has 0 bridgehead atoms. The molecule has 0 aliphatic rings. The molecule has 0 unspecified atom stereocenters. The predicted octanol–water partition coefficient (Wildman–Crippen LogP) is 1.45. The maximum atomic E-state index is 9.41. The fourth-order valence-electron chi connectivity index (χ4n) is 0.750. The van der Waals surface area contributed by atoms with Gasteiger partial charge in [0.2, 0.25) is 10.0 Å². The molecule has 0 aromatic heterocycles. The van der Waals surface area contributed by atoms with Gasteiger partial charge in [-0.1, -0.05) is 0 Å². The van der Waals surface area contributed by atoms with E-state index in [1.54, 1.807) is 13.3 Å². The van der Waals surface area contributed by atoms with Crippen LogP contribution in [0.3, 0.4) is 0 Å². The van der Waals surface area contributed by atoms with Crippen LogP contribution in [0.2, 0.25) is 13.3 Å². The van der Waals surface area contributed by atoms with Gasteiger partial charge in [-0.3, -0.25) is 0 Å². The molecular weight excluding hydrogens is 281 g/mol. The third kappa shape index (κ3) is 22.4. The molecule has 0 atom stereocenters. The zero-order valence-electron chi connectivity index (χ0n) is 8.42. The van der Waals surface area contributed by atoms with Crippen molar-refractivity contribution < 1.29 is 8.42 Å². The summed E-state index contributed by atoms with van der Waals surface area (Å²) in [6.07, 6.45) is 0.938. The van der Waals surface area contributed by atoms with E-state index >= 15 is 0 Å². The Morgan fingerprint density at radius 1 is 1.08 bits per heavy atom. The molecule has 0 aliphatic heterocycles. The van der Waals surface area contributed by atoms with E-state index in [1.807, 2.05) is 0 Å². The van der Waals surface area contributed by atoms with Crippen molar-refractivity contribution in [3.63, 3.8) is 0 Å². The molecule has 0 aromatic carbocycles. The normalized spacial score (nSPS) is 10.8. The van der Waals surface area contributed by atoms with Gasteiger partial charge in [0.05, 0.1) is 6.26 Å². The molecule has 2 N–H and O–H groups in total. The number of sulfonamides is 1. The monoisotopic (exact) mass is 302 g/mol. The van der Waals surface area contributed by atoms with E-state index in [0.717, 1.165) is 6.26 Å². The SMILES string of the molecule is CS(N)(=O)=O.C[CH2][Sn]([CH2]C)[CH2]C. The summed E-state index contributed by atoms with van der Waals surface area (Å²) >= 11 is -0.653. The van der Waals surface area contributed by atoms with Crippen LogP contribution < -0.4 is 5.14 Å². The number of rotatable bonds is 3. The summed E-state index contributed by atoms with van der Waals surface area (Å²) in [6, 6.07) is 0. The van der Waals surface area contributed by atoms with E-state index in [9.17, 15) is 8.42 Å². The first-order chi connectivity index (χ1) is 5.35. The van der Waals surface area contributed by atoms with Gasteiger partial charge in [0.25, 0.3) is 0 Å². The fraction of sp³-hybridized carbons (Fsp3) is 1.00. The molecule has 0 aliphatic carbocycles. The van der Waals surface area contributed by atoms with Crippen molar-refractivity contribution in [2.75, 3.05) is 6.26 Å². The first kappa shape index (κ1) is 15.2. The standard InChI is InChI=1S/3C2H5.CH5NO2S.Sn/c3*1-2;1-5(2,3)4;/h3*1H2,2H3;1H3,(H2,2,3,4);. The summed E-state index contributed by atoms with van der Waals surface area (Å²) in [5, 5.41) is 4.33. The average molecular weight is 301 g/mol. The van der Waals surface area contributed by atoms with Crippen LogP contribution in [0.1, 0.15) is 20.8 Å². The minimum atomic E-state index is -3.17. The first-order valence-corrected chi connectivity index (χ1v) is 12.2. The minimum absolute atomic E-state index is 0.653. The summed E-state index contributed by atoms with van der Waals surface area (Å²) in [5.41, 5.74) is 0. The van der Waals surface area contributed by atoms with Gasteiger partial charge in [0.15, 0.2) is 0 Å². The summed E-state index contributed by atoms with van der Waals surface area (Å²) in [6.45, 7) is 7.05. The topological polar surface area (TPSA) is 60.2 Å². The molecule has 1 radical (unpaired) electrons. The number of primary sulfonamides is 1. The van der Waals surface area contributed by atoms with Gasteiger partial charge >= 0.3 is 53.8 Å². The summed E-state index contributed by atoms with van der Waals surface area (Å²) in [7, 11) is -3.17. The molecule has 3 nitrogen and oxygen atoms in total. The Labute approximate surface area is 83.5 Å². The molecule has 0 rings (SSSR count). The van der Waals surface area contributed by atoms with Crippen LogP contribution in [-0.4, -0.2) is 34.4 Å². The molecule has 0 spiro atoms. The molecule has 5 heteroatoms. The zero-order valence-corrected chi connectivity index (χ0v) is 12.1. The van der Waals surface area contributed by atoms with Crippen LogP contribution in [0.15, 0.2) is 0 Å². The summed E-state index contributed by atoms with van der Waals surface area (Å²) in [4.78, 5) is 0. The van der Waals surface area contributed by atoms with Gasteiger partial charge in [-0.05, 0) is 0 Å².